The molecule has 1 atom stereocenters. The Labute approximate surface area is 120 Å². The lowest BCUT2D eigenvalue weighted by molar-refractivity contribution is -0.155. The smallest absolute Gasteiger partial charge is 0.159 e. The number of hydrogen-bond donors (Lipinski definition) is 0. The van der Waals surface area contributed by atoms with Crippen molar-refractivity contribution in [1.82, 2.24) is 0 Å². The Bertz CT molecular complexity index is 468. The van der Waals surface area contributed by atoms with Gasteiger partial charge in [0.1, 0.15) is 0 Å². The molecule has 0 spiro atoms. The Balaban J connectivity index is 1.87. The Morgan fingerprint density at radius 2 is 1.95 bits per heavy atom. The Morgan fingerprint density at radius 1 is 1.25 bits per heavy atom. The van der Waals surface area contributed by atoms with Crippen molar-refractivity contribution in [3.8, 4) is 0 Å². The Morgan fingerprint density at radius 3 is 2.55 bits per heavy atom. The summed E-state index contributed by atoms with van der Waals surface area (Å²) < 4.78 is 11.2. The van der Waals surface area contributed by atoms with E-state index < -0.39 is 0 Å². The fourth-order valence-electron chi connectivity index (χ4n) is 2.21. The van der Waals surface area contributed by atoms with Crippen molar-refractivity contribution in [2.24, 2.45) is 0 Å². The molecular weight excluding hydrogens is 252 g/mol. The van der Waals surface area contributed by atoms with Gasteiger partial charge >= 0.3 is 0 Å². The number of ketones is 1. The standard InChI is InChI=1S/C17H22O3/c1-13(10-12-20-17-5-3-4-11-19-17)15-6-8-16(9-7-15)14(2)18/h6-10,17H,3-5,11-12H2,1-2H3/b13-10-. The molecule has 3 heteroatoms. The lowest BCUT2D eigenvalue weighted by atomic mass is 10.0. The molecule has 108 valence electrons. The Hall–Kier alpha value is -1.45. The summed E-state index contributed by atoms with van der Waals surface area (Å²) in [7, 11) is 0. The number of benzene rings is 1. The normalized spacial score (nSPS) is 19.9. The maximum atomic E-state index is 11.2. The molecule has 3 nitrogen and oxygen atoms in total. The van der Waals surface area contributed by atoms with Crippen LogP contribution in [0.1, 0.15) is 49.0 Å². The molecule has 0 amide bonds. The summed E-state index contributed by atoms with van der Waals surface area (Å²) in [5, 5.41) is 0. The number of hydrogen-bond acceptors (Lipinski definition) is 3. The molecule has 1 fully saturated rings. The van der Waals surface area contributed by atoms with E-state index in [0.717, 1.165) is 36.1 Å². The SMILES string of the molecule is CC(=O)c1ccc(/C(C)=C\COC2CCCCO2)cc1. The maximum absolute atomic E-state index is 11.2. The molecule has 0 N–H and O–H groups in total. The summed E-state index contributed by atoms with van der Waals surface area (Å²) in [5.41, 5.74) is 3.01. The van der Waals surface area contributed by atoms with Gasteiger partial charge in [-0.2, -0.15) is 0 Å². The zero-order chi connectivity index (χ0) is 14.4. The molecule has 0 aromatic heterocycles. The van der Waals surface area contributed by atoms with Gasteiger partial charge in [-0.15, -0.1) is 0 Å². The molecule has 1 aromatic carbocycles. The third-order valence-electron chi connectivity index (χ3n) is 3.56. The monoisotopic (exact) mass is 274 g/mol. The lowest BCUT2D eigenvalue weighted by Gasteiger charge is -2.22. The number of allylic oxidation sites excluding steroid dienone is 1. The average Bonchev–Trinajstić information content (AvgIpc) is 2.48. The van der Waals surface area contributed by atoms with Gasteiger partial charge in [0.05, 0.1) is 6.61 Å². The van der Waals surface area contributed by atoms with Crippen LogP contribution < -0.4 is 0 Å². The van der Waals surface area contributed by atoms with Crippen LogP contribution in [-0.2, 0) is 9.47 Å². The molecule has 1 aliphatic heterocycles. The van der Waals surface area contributed by atoms with E-state index >= 15 is 0 Å². The van der Waals surface area contributed by atoms with E-state index in [1.165, 1.54) is 6.42 Å². The van der Waals surface area contributed by atoms with Crippen molar-refractivity contribution in [3.05, 3.63) is 41.5 Å². The molecule has 1 unspecified atom stereocenters. The van der Waals surface area contributed by atoms with Crippen molar-refractivity contribution < 1.29 is 14.3 Å². The molecule has 1 heterocycles. The molecule has 20 heavy (non-hydrogen) atoms. The predicted molar refractivity (Wildman–Crippen MR) is 79.6 cm³/mol. The zero-order valence-electron chi connectivity index (χ0n) is 12.2. The van der Waals surface area contributed by atoms with Gasteiger partial charge in [-0.25, -0.2) is 0 Å². The second-order valence-electron chi connectivity index (χ2n) is 5.15. The van der Waals surface area contributed by atoms with Crippen molar-refractivity contribution in [2.75, 3.05) is 13.2 Å². The summed E-state index contributed by atoms with van der Waals surface area (Å²) in [5.74, 6) is 0.0935. The van der Waals surface area contributed by atoms with Gasteiger partial charge in [-0.05, 0) is 44.2 Å². The van der Waals surface area contributed by atoms with Gasteiger partial charge in [0.15, 0.2) is 12.1 Å². The van der Waals surface area contributed by atoms with E-state index in [9.17, 15) is 4.79 Å². The first-order valence-electron chi connectivity index (χ1n) is 7.18. The quantitative estimate of drug-likeness (QED) is 0.765. The third kappa shape index (κ3) is 4.29. The highest BCUT2D eigenvalue weighted by atomic mass is 16.7. The highest BCUT2D eigenvalue weighted by Crippen LogP contribution is 2.17. The van der Waals surface area contributed by atoms with Gasteiger partial charge < -0.3 is 9.47 Å². The van der Waals surface area contributed by atoms with E-state index in [0.29, 0.717) is 6.61 Å². The summed E-state index contributed by atoms with van der Waals surface area (Å²) in [6.45, 7) is 4.99. The number of ether oxygens (including phenoxy) is 2. The van der Waals surface area contributed by atoms with Crippen LogP contribution in [0.3, 0.4) is 0 Å². The van der Waals surface area contributed by atoms with Crippen LogP contribution in [0.5, 0.6) is 0 Å². The Kier molecular flexibility index (Phi) is 5.50. The van der Waals surface area contributed by atoms with E-state index in [1.807, 2.05) is 31.2 Å². The minimum Gasteiger partial charge on any atom is -0.353 e. The highest BCUT2D eigenvalue weighted by molar-refractivity contribution is 5.94. The van der Waals surface area contributed by atoms with Crippen LogP contribution in [0.4, 0.5) is 0 Å². The number of carbonyl (C=O) groups is 1. The van der Waals surface area contributed by atoms with Crippen LogP contribution in [0.15, 0.2) is 30.3 Å². The highest BCUT2D eigenvalue weighted by Gasteiger charge is 2.12. The van der Waals surface area contributed by atoms with Gasteiger partial charge in [-0.1, -0.05) is 30.3 Å². The second kappa shape index (κ2) is 7.36. The van der Waals surface area contributed by atoms with Crippen LogP contribution >= 0.6 is 0 Å². The molecule has 0 radical (unpaired) electrons. The molecular formula is C17H22O3. The fourth-order valence-corrected chi connectivity index (χ4v) is 2.21. The number of carbonyl (C=O) groups excluding carboxylic acids is 1. The molecule has 0 saturated carbocycles. The summed E-state index contributed by atoms with van der Waals surface area (Å²) in [4.78, 5) is 11.2. The molecule has 2 rings (SSSR count). The van der Waals surface area contributed by atoms with E-state index in [2.05, 4.69) is 6.08 Å². The minimum absolute atomic E-state index is 0.0483. The van der Waals surface area contributed by atoms with Crippen LogP contribution in [0.25, 0.3) is 5.57 Å². The van der Waals surface area contributed by atoms with E-state index in [-0.39, 0.29) is 12.1 Å². The van der Waals surface area contributed by atoms with Gasteiger partial charge in [0.25, 0.3) is 0 Å². The van der Waals surface area contributed by atoms with Gasteiger partial charge in [0, 0.05) is 12.2 Å². The minimum atomic E-state index is -0.0483. The van der Waals surface area contributed by atoms with Crippen LogP contribution in [0.2, 0.25) is 0 Å². The molecule has 1 saturated heterocycles. The van der Waals surface area contributed by atoms with Crippen molar-refractivity contribution in [1.29, 1.82) is 0 Å². The third-order valence-corrected chi connectivity index (χ3v) is 3.56. The molecule has 1 aliphatic rings. The van der Waals surface area contributed by atoms with E-state index in [1.54, 1.807) is 6.92 Å². The summed E-state index contributed by atoms with van der Waals surface area (Å²) in [6.07, 6.45) is 5.31. The topological polar surface area (TPSA) is 35.5 Å². The first-order chi connectivity index (χ1) is 9.66. The van der Waals surface area contributed by atoms with E-state index in [4.69, 9.17) is 9.47 Å². The van der Waals surface area contributed by atoms with Gasteiger partial charge in [0.2, 0.25) is 0 Å². The second-order valence-corrected chi connectivity index (χ2v) is 5.15. The fraction of sp³-hybridized carbons (Fsp3) is 0.471. The number of Topliss-reactive ketones (excluding diaryl/α,β-unsaturated/α-hetero) is 1. The maximum Gasteiger partial charge on any atom is 0.159 e. The first kappa shape index (κ1) is 14.9. The molecule has 0 aliphatic carbocycles. The molecule has 0 bridgehead atoms. The van der Waals surface area contributed by atoms with Crippen LogP contribution in [-0.4, -0.2) is 25.3 Å². The summed E-state index contributed by atoms with van der Waals surface area (Å²) >= 11 is 0. The van der Waals surface area contributed by atoms with Crippen LogP contribution in [0, 0.1) is 0 Å². The van der Waals surface area contributed by atoms with Crippen molar-refractivity contribution in [2.45, 2.75) is 39.4 Å². The number of rotatable bonds is 5. The average molecular weight is 274 g/mol. The van der Waals surface area contributed by atoms with Crippen molar-refractivity contribution >= 4 is 11.4 Å². The first-order valence-corrected chi connectivity index (χ1v) is 7.18. The molecule has 1 aromatic rings. The summed E-state index contributed by atoms with van der Waals surface area (Å²) in [6, 6.07) is 7.67. The largest absolute Gasteiger partial charge is 0.353 e. The zero-order valence-corrected chi connectivity index (χ0v) is 12.2. The lowest BCUT2D eigenvalue weighted by Crippen LogP contribution is -2.22. The predicted octanol–water partition coefficient (Wildman–Crippen LogP) is 3.84. The van der Waals surface area contributed by atoms with Crippen molar-refractivity contribution in [3.63, 3.8) is 0 Å². The van der Waals surface area contributed by atoms with Gasteiger partial charge in [-0.3, -0.25) is 4.79 Å².